The maximum atomic E-state index is 10.6. The Kier molecular flexibility index (Phi) is 4.57. The first-order valence-corrected chi connectivity index (χ1v) is 10.2. The first-order valence-electron chi connectivity index (χ1n) is 10.2. The smallest absolute Gasteiger partial charge is 0.129 e. The number of phenols is 1. The van der Waals surface area contributed by atoms with Crippen molar-refractivity contribution in [1.82, 2.24) is 0 Å². The number of benzene rings is 2. The number of hydrogen-bond donors (Lipinski definition) is 1. The second kappa shape index (κ2) is 6.78. The highest BCUT2D eigenvalue weighted by Gasteiger charge is 2.33. The zero-order valence-corrected chi connectivity index (χ0v) is 16.9. The Morgan fingerprint density at radius 1 is 1.19 bits per heavy atom. The maximum Gasteiger partial charge on any atom is 0.129 e. The number of ether oxygens (including phenoxy) is 2. The van der Waals surface area contributed by atoms with Crippen molar-refractivity contribution < 1.29 is 14.6 Å². The van der Waals surface area contributed by atoms with Crippen LogP contribution < -0.4 is 9.47 Å². The fourth-order valence-electron chi connectivity index (χ4n) is 4.44. The van der Waals surface area contributed by atoms with E-state index in [1.165, 1.54) is 22.3 Å². The number of phenolic OH excluding ortho intramolecular Hbond substituents is 1. The van der Waals surface area contributed by atoms with Gasteiger partial charge in [-0.2, -0.15) is 0 Å². The molecule has 0 fully saturated rings. The van der Waals surface area contributed by atoms with Crippen LogP contribution >= 0.6 is 0 Å². The van der Waals surface area contributed by atoms with E-state index in [9.17, 15) is 5.11 Å². The summed E-state index contributed by atoms with van der Waals surface area (Å²) in [5.74, 6) is 2.59. The number of aromatic hydroxyl groups is 1. The molecule has 3 heteroatoms. The molecule has 1 N–H and O–H groups in total. The molecule has 2 heterocycles. The molecule has 144 valence electrons. The van der Waals surface area contributed by atoms with Crippen LogP contribution in [-0.4, -0.2) is 17.3 Å². The lowest BCUT2D eigenvalue weighted by atomic mass is 9.84. The lowest BCUT2D eigenvalue weighted by Gasteiger charge is -2.36. The maximum absolute atomic E-state index is 10.6. The standard InChI is InChI=1S/C24H30O3/c1-5-6-16-7-8-18(21(25)12-16)17-13-20-15(2)11-22-19(23(20)26-14-17)9-10-24(3,4)27-22/h7-8,11-12,17,25H,5-6,9-10,13-14H2,1-4H3/t17-/m0/s1. The van der Waals surface area contributed by atoms with E-state index in [4.69, 9.17) is 9.47 Å². The molecule has 1 atom stereocenters. The summed E-state index contributed by atoms with van der Waals surface area (Å²) in [5, 5.41) is 10.6. The third-order valence-electron chi connectivity index (χ3n) is 5.99. The SMILES string of the molecule is CCCc1ccc([C@@H]2COc3c(c(C)cc4c3CCC(C)(C)O4)C2)c(O)c1. The second-order valence-electron chi connectivity index (χ2n) is 8.69. The molecule has 0 unspecified atom stereocenters. The predicted octanol–water partition coefficient (Wildman–Crippen LogP) is 5.48. The van der Waals surface area contributed by atoms with Crippen LogP contribution in [0.5, 0.6) is 17.2 Å². The quantitative estimate of drug-likeness (QED) is 0.782. The molecule has 2 aromatic carbocycles. The van der Waals surface area contributed by atoms with Crippen molar-refractivity contribution in [2.24, 2.45) is 0 Å². The van der Waals surface area contributed by atoms with Gasteiger partial charge < -0.3 is 14.6 Å². The Morgan fingerprint density at radius 2 is 2.00 bits per heavy atom. The van der Waals surface area contributed by atoms with Crippen molar-refractivity contribution in [3.05, 3.63) is 52.1 Å². The van der Waals surface area contributed by atoms with E-state index >= 15 is 0 Å². The molecule has 0 amide bonds. The van der Waals surface area contributed by atoms with Gasteiger partial charge in [0.2, 0.25) is 0 Å². The van der Waals surface area contributed by atoms with Crippen molar-refractivity contribution in [2.45, 2.75) is 71.3 Å². The summed E-state index contributed by atoms with van der Waals surface area (Å²) in [4.78, 5) is 0. The van der Waals surface area contributed by atoms with Crippen LogP contribution in [0.25, 0.3) is 0 Å². The number of aryl methyl sites for hydroxylation is 2. The lowest BCUT2D eigenvalue weighted by Crippen LogP contribution is -2.33. The molecule has 0 saturated carbocycles. The zero-order chi connectivity index (χ0) is 19.2. The minimum Gasteiger partial charge on any atom is -0.508 e. The Morgan fingerprint density at radius 3 is 2.74 bits per heavy atom. The topological polar surface area (TPSA) is 38.7 Å². The summed E-state index contributed by atoms with van der Waals surface area (Å²) in [5.41, 5.74) is 5.78. The average molecular weight is 367 g/mol. The van der Waals surface area contributed by atoms with Crippen LogP contribution in [0.2, 0.25) is 0 Å². The summed E-state index contributed by atoms with van der Waals surface area (Å²) < 4.78 is 12.5. The van der Waals surface area contributed by atoms with Gasteiger partial charge in [0.25, 0.3) is 0 Å². The van der Waals surface area contributed by atoms with Gasteiger partial charge in [-0.15, -0.1) is 0 Å². The highest BCUT2D eigenvalue weighted by Crippen LogP contribution is 2.46. The van der Waals surface area contributed by atoms with Crippen molar-refractivity contribution in [3.63, 3.8) is 0 Å². The molecular weight excluding hydrogens is 336 g/mol. The largest absolute Gasteiger partial charge is 0.508 e. The van der Waals surface area contributed by atoms with Crippen LogP contribution in [0.15, 0.2) is 24.3 Å². The molecule has 0 aromatic heterocycles. The summed E-state index contributed by atoms with van der Waals surface area (Å²) in [6, 6.07) is 8.32. The first kappa shape index (κ1) is 18.2. The van der Waals surface area contributed by atoms with E-state index in [2.05, 4.69) is 45.9 Å². The Balaban J connectivity index is 1.65. The van der Waals surface area contributed by atoms with Crippen LogP contribution in [0.3, 0.4) is 0 Å². The van der Waals surface area contributed by atoms with Crippen LogP contribution in [0.1, 0.15) is 67.3 Å². The van der Waals surface area contributed by atoms with Gasteiger partial charge in [-0.3, -0.25) is 0 Å². The van der Waals surface area contributed by atoms with Crippen LogP contribution in [-0.2, 0) is 19.3 Å². The molecule has 4 rings (SSSR count). The minimum absolute atomic E-state index is 0.114. The van der Waals surface area contributed by atoms with Crippen LogP contribution in [0, 0.1) is 6.92 Å². The van der Waals surface area contributed by atoms with Crippen molar-refractivity contribution >= 4 is 0 Å². The first-order chi connectivity index (χ1) is 12.9. The molecule has 0 bridgehead atoms. The highest BCUT2D eigenvalue weighted by molar-refractivity contribution is 5.57. The van der Waals surface area contributed by atoms with Gasteiger partial charge in [0, 0.05) is 17.0 Å². The molecule has 27 heavy (non-hydrogen) atoms. The van der Waals surface area contributed by atoms with E-state index < -0.39 is 0 Å². The number of rotatable bonds is 3. The number of fused-ring (bicyclic) bond motifs is 3. The van der Waals surface area contributed by atoms with E-state index in [1.807, 2.05) is 6.07 Å². The van der Waals surface area contributed by atoms with Gasteiger partial charge in [-0.1, -0.05) is 25.5 Å². The summed E-state index contributed by atoms with van der Waals surface area (Å²) in [6.45, 7) is 9.19. The molecule has 0 spiro atoms. The molecule has 0 saturated heterocycles. The van der Waals surface area contributed by atoms with Gasteiger partial charge in [-0.25, -0.2) is 0 Å². The van der Waals surface area contributed by atoms with E-state index in [0.717, 1.165) is 49.2 Å². The Hall–Kier alpha value is -2.16. The fraction of sp³-hybridized carbons (Fsp3) is 0.500. The lowest BCUT2D eigenvalue weighted by molar-refractivity contribution is 0.0825. The van der Waals surface area contributed by atoms with E-state index in [0.29, 0.717) is 12.4 Å². The molecule has 0 aliphatic carbocycles. The third kappa shape index (κ3) is 3.40. The van der Waals surface area contributed by atoms with Gasteiger partial charge in [0.05, 0.1) is 6.61 Å². The summed E-state index contributed by atoms with van der Waals surface area (Å²) in [7, 11) is 0. The molecule has 3 nitrogen and oxygen atoms in total. The average Bonchev–Trinajstić information content (AvgIpc) is 2.61. The number of hydrogen-bond acceptors (Lipinski definition) is 3. The minimum atomic E-state index is -0.114. The second-order valence-corrected chi connectivity index (χ2v) is 8.69. The fourth-order valence-corrected chi connectivity index (χ4v) is 4.44. The Labute approximate surface area is 162 Å². The third-order valence-corrected chi connectivity index (χ3v) is 5.99. The Bertz CT molecular complexity index is 866. The molecular formula is C24H30O3. The van der Waals surface area contributed by atoms with Gasteiger partial charge in [0.15, 0.2) is 0 Å². The summed E-state index contributed by atoms with van der Waals surface area (Å²) in [6.07, 6.45) is 4.98. The molecule has 0 radical (unpaired) electrons. The van der Waals surface area contributed by atoms with E-state index in [1.54, 1.807) is 0 Å². The van der Waals surface area contributed by atoms with Gasteiger partial charge in [-0.05, 0) is 75.3 Å². The van der Waals surface area contributed by atoms with Crippen molar-refractivity contribution in [1.29, 1.82) is 0 Å². The zero-order valence-electron chi connectivity index (χ0n) is 16.9. The monoisotopic (exact) mass is 366 g/mol. The van der Waals surface area contributed by atoms with Gasteiger partial charge >= 0.3 is 0 Å². The molecule has 2 aliphatic heterocycles. The predicted molar refractivity (Wildman–Crippen MR) is 108 cm³/mol. The summed E-state index contributed by atoms with van der Waals surface area (Å²) >= 11 is 0. The van der Waals surface area contributed by atoms with Crippen LogP contribution in [0.4, 0.5) is 0 Å². The van der Waals surface area contributed by atoms with E-state index in [-0.39, 0.29) is 11.5 Å². The molecule has 2 aromatic rings. The van der Waals surface area contributed by atoms with Gasteiger partial charge in [0.1, 0.15) is 22.8 Å². The van der Waals surface area contributed by atoms with Crippen molar-refractivity contribution in [3.8, 4) is 17.2 Å². The highest BCUT2D eigenvalue weighted by atomic mass is 16.5. The molecule has 2 aliphatic rings. The normalized spacial score (nSPS) is 20.2. The van der Waals surface area contributed by atoms with Crippen molar-refractivity contribution in [2.75, 3.05) is 6.61 Å².